The Morgan fingerprint density at radius 2 is 2.04 bits per heavy atom. The highest BCUT2D eigenvalue weighted by Gasteiger charge is 2.34. The molecule has 0 saturated heterocycles. The first-order valence-electron chi connectivity index (χ1n) is 8.14. The minimum atomic E-state index is -0.354. The van der Waals surface area contributed by atoms with Crippen molar-refractivity contribution in [2.75, 3.05) is 16.8 Å². The third-order valence-corrected chi connectivity index (χ3v) is 4.13. The average Bonchev–Trinajstić information content (AvgIpc) is 2.53. The molecule has 1 heterocycles. The van der Waals surface area contributed by atoms with Crippen molar-refractivity contribution in [3.63, 3.8) is 0 Å². The van der Waals surface area contributed by atoms with Gasteiger partial charge in [0, 0.05) is 13.0 Å². The number of benzene rings is 1. The third-order valence-electron chi connectivity index (χ3n) is 4.13. The zero-order valence-corrected chi connectivity index (χ0v) is 13.7. The first kappa shape index (κ1) is 17.3. The maximum atomic E-state index is 12.4. The Kier molecular flexibility index (Phi) is 5.98. The van der Waals surface area contributed by atoms with Crippen molar-refractivity contribution in [2.24, 2.45) is 5.92 Å². The van der Waals surface area contributed by atoms with Crippen LogP contribution >= 0.6 is 0 Å². The molecule has 2 amide bonds. The van der Waals surface area contributed by atoms with Crippen LogP contribution in [0, 0.1) is 5.92 Å². The number of hydroxylamine groups is 1. The molecule has 126 valence electrons. The van der Waals surface area contributed by atoms with Crippen molar-refractivity contribution in [3.05, 3.63) is 24.3 Å². The zero-order chi connectivity index (χ0) is 16.8. The molecule has 1 aromatic rings. The summed E-state index contributed by atoms with van der Waals surface area (Å²) < 4.78 is 0. The zero-order valence-electron chi connectivity index (χ0n) is 13.7. The Balaban J connectivity index is 2.01. The van der Waals surface area contributed by atoms with Crippen LogP contribution in [0.1, 0.15) is 39.5 Å². The lowest BCUT2D eigenvalue weighted by molar-refractivity contribution is -0.129. The number of rotatable bonds is 7. The number of carbonyl (C=O) groups excluding carboxylic acids is 2. The summed E-state index contributed by atoms with van der Waals surface area (Å²) in [6.07, 6.45) is 2.81. The number of para-hydroxylation sites is 2. The minimum absolute atomic E-state index is 0.0401. The number of nitrogens with zero attached hydrogens (tertiary/aromatic N) is 1. The molecule has 3 N–H and O–H groups in total. The molecule has 0 aromatic heterocycles. The molecular formula is C17H25N3O3. The summed E-state index contributed by atoms with van der Waals surface area (Å²) in [5.74, 6) is -0.102. The number of carbonyl (C=O) groups is 2. The standard InChI is InChI=1S/C17H25N3O3/c1-12(2)16-17(22)18-13-8-5-6-9-14(13)20(16)11-7-3-4-10-15(21)19-23/h5-6,8-9,12,16,23H,3-4,7,10-11H2,1-2H3,(H,18,22)(H,19,21). The summed E-state index contributed by atoms with van der Waals surface area (Å²) in [7, 11) is 0. The van der Waals surface area contributed by atoms with E-state index in [0.29, 0.717) is 6.42 Å². The molecule has 23 heavy (non-hydrogen) atoms. The van der Waals surface area contributed by atoms with E-state index in [9.17, 15) is 9.59 Å². The second-order valence-electron chi connectivity index (χ2n) is 6.23. The van der Waals surface area contributed by atoms with Crippen molar-refractivity contribution >= 4 is 23.2 Å². The molecule has 1 aliphatic rings. The van der Waals surface area contributed by atoms with E-state index in [4.69, 9.17) is 5.21 Å². The Labute approximate surface area is 136 Å². The van der Waals surface area contributed by atoms with Crippen molar-refractivity contribution in [1.82, 2.24) is 5.48 Å². The number of hydrogen-bond donors (Lipinski definition) is 3. The Hall–Kier alpha value is -2.08. The fourth-order valence-electron chi connectivity index (χ4n) is 3.05. The highest BCUT2D eigenvalue weighted by molar-refractivity contribution is 6.03. The third kappa shape index (κ3) is 4.22. The fraction of sp³-hybridized carbons (Fsp3) is 0.529. The maximum Gasteiger partial charge on any atom is 0.247 e. The summed E-state index contributed by atoms with van der Waals surface area (Å²) in [5.41, 5.74) is 3.55. The predicted octanol–water partition coefficient (Wildman–Crippen LogP) is 2.54. The highest BCUT2D eigenvalue weighted by atomic mass is 16.5. The van der Waals surface area contributed by atoms with Crippen LogP contribution in [-0.4, -0.2) is 29.6 Å². The monoisotopic (exact) mass is 319 g/mol. The van der Waals surface area contributed by atoms with Crippen LogP contribution in [0.5, 0.6) is 0 Å². The Morgan fingerprint density at radius 3 is 2.74 bits per heavy atom. The van der Waals surface area contributed by atoms with Gasteiger partial charge in [-0.25, -0.2) is 5.48 Å². The van der Waals surface area contributed by atoms with E-state index in [0.717, 1.165) is 37.2 Å². The molecule has 1 atom stereocenters. The molecular weight excluding hydrogens is 294 g/mol. The van der Waals surface area contributed by atoms with Crippen LogP contribution < -0.4 is 15.7 Å². The first-order valence-corrected chi connectivity index (χ1v) is 8.14. The summed E-state index contributed by atoms with van der Waals surface area (Å²) in [6.45, 7) is 4.88. The smallest absolute Gasteiger partial charge is 0.247 e. The predicted molar refractivity (Wildman–Crippen MR) is 89.4 cm³/mol. The van der Waals surface area contributed by atoms with Crippen molar-refractivity contribution in [2.45, 2.75) is 45.6 Å². The lowest BCUT2D eigenvalue weighted by Crippen LogP contribution is -2.51. The number of fused-ring (bicyclic) bond motifs is 1. The van der Waals surface area contributed by atoms with Crippen LogP contribution in [0.15, 0.2) is 24.3 Å². The number of amides is 2. The molecule has 1 aromatic carbocycles. The fourth-order valence-corrected chi connectivity index (χ4v) is 3.05. The molecule has 0 fully saturated rings. The van der Waals surface area contributed by atoms with Gasteiger partial charge in [-0.3, -0.25) is 14.8 Å². The van der Waals surface area contributed by atoms with Gasteiger partial charge in [-0.05, 0) is 30.9 Å². The molecule has 0 radical (unpaired) electrons. The second kappa shape index (κ2) is 7.97. The van der Waals surface area contributed by atoms with Gasteiger partial charge in [0.2, 0.25) is 11.8 Å². The second-order valence-corrected chi connectivity index (χ2v) is 6.23. The van der Waals surface area contributed by atoms with E-state index in [1.807, 2.05) is 24.3 Å². The minimum Gasteiger partial charge on any atom is -0.358 e. The van der Waals surface area contributed by atoms with Crippen LogP contribution in [0.25, 0.3) is 0 Å². The number of nitrogens with one attached hydrogen (secondary N) is 2. The van der Waals surface area contributed by atoms with Crippen LogP contribution in [-0.2, 0) is 9.59 Å². The SMILES string of the molecule is CC(C)C1C(=O)Nc2ccccc2N1CCCCCC(=O)NO. The lowest BCUT2D eigenvalue weighted by Gasteiger charge is -2.40. The first-order chi connectivity index (χ1) is 11.0. The average molecular weight is 319 g/mol. The van der Waals surface area contributed by atoms with Gasteiger partial charge in [-0.2, -0.15) is 0 Å². The van der Waals surface area contributed by atoms with E-state index in [1.54, 1.807) is 5.48 Å². The van der Waals surface area contributed by atoms with Gasteiger partial charge in [0.1, 0.15) is 6.04 Å². The van der Waals surface area contributed by atoms with Gasteiger partial charge < -0.3 is 10.2 Å². The van der Waals surface area contributed by atoms with Crippen LogP contribution in [0.4, 0.5) is 11.4 Å². The Bertz CT molecular complexity index is 560. The molecule has 0 aliphatic carbocycles. The van der Waals surface area contributed by atoms with Gasteiger partial charge in [0.05, 0.1) is 11.4 Å². The molecule has 0 spiro atoms. The normalized spacial score (nSPS) is 17.0. The van der Waals surface area contributed by atoms with E-state index in [-0.39, 0.29) is 23.8 Å². The van der Waals surface area contributed by atoms with Crippen molar-refractivity contribution in [1.29, 1.82) is 0 Å². The molecule has 2 rings (SSSR count). The van der Waals surface area contributed by atoms with Gasteiger partial charge >= 0.3 is 0 Å². The van der Waals surface area contributed by atoms with Gasteiger partial charge in [0.15, 0.2) is 0 Å². The number of anilines is 2. The highest BCUT2D eigenvalue weighted by Crippen LogP contribution is 2.34. The van der Waals surface area contributed by atoms with Crippen molar-refractivity contribution in [3.8, 4) is 0 Å². The molecule has 6 heteroatoms. The summed E-state index contributed by atoms with van der Waals surface area (Å²) >= 11 is 0. The van der Waals surface area contributed by atoms with E-state index in [2.05, 4.69) is 24.1 Å². The van der Waals surface area contributed by atoms with Crippen LogP contribution in [0.3, 0.4) is 0 Å². The van der Waals surface area contributed by atoms with E-state index < -0.39 is 0 Å². The Morgan fingerprint density at radius 1 is 1.30 bits per heavy atom. The molecule has 0 bridgehead atoms. The quantitative estimate of drug-likeness (QED) is 0.410. The van der Waals surface area contributed by atoms with Gasteiger partial charge in [-0.15, -0.1) is 0 Å². The maximum absolute atomic E-state index is 12.4. The van der Waals surface area contributed by atoms with Crippen molar-refractivity contribution < 1.29 is 14.8 Å². The van der Waals surface area contributed by atoms with Crippen LogP contribution in [0.2, 0.25) is 0 Å². The summed E-state index contributed by atoms with van der Waals surface area (Å²) in [5, 5.41) is 11.5. The van der Waals surface area contributed by atoms with Gasteiger partial charge in [-0.1, -0.05) is 32.4 Å². The topological polar surface area (TPSA) is 81.7 Å². The molecule has 1 aliphatic heterocycles. The van der Waals surface area contributed by atoms with Gasteiger partial charge in [0.25, 0.3) is 0 Å². The summed E-state index contributed by atoms with van der Waals surface area (Å²) in [4.78, 5) is 25.6. The number of hydrogen-bond acceptors (Lipinski definition) is 4. The lowest BCUT2D eigenvalue weighted by atomic mass is 9.97. The molecule has 1 unspecified atom stereocenters. The molecule has 6 nitrogen and oxygen atoms in total. The summed E-state index contributed by atoms with van der Waals surface area (Å²) in [6, 6.07) is 7.67. The van der Waals surface area contributed by atoms with E-state index in [1.165, 1.54) is 0 Å². The molecule has 0 saturated carbocycles. The van der Waals surface area contributed by atoms with E-state index >= 15 is 0 Å². The largest absolute Gasteiger partial charge is 0.358 e. The number of unbranched alkanes of at least 4 members (excludes halogenated alkanes) is 2.